The first-order chi connectivity index (χ1) is 15.4. The maximum atomic E-state index is 4.88. The quantitative estimate of drug-likeness (QED) is 0.370. The van der Waals surface area contributed by atoms with Gasteiger partial charge in [-0.1, -0.05) is 91.0 Å². The highest BCUT2D eigenvalue weighted by Crippen LogP contribution is 2.33. The first kappa shape index (κ1) is 17.5. The van der Waals surface area contributed by atoms with Crippen LogP contribution in [0.2, 0.25) is 0 Å². The van der Waals surface area contributed by atoms with Crippen molar-refractivity contribution < 1.29 is 0 Å². The molecule has 0 amide bonds. The third kappa shape index (κ3) is 3.06. The van der Waals surface area contributed by atoms with Crippen molar-refractivity contribution in [2.75, 3.05) is 0 Å². The van der Waals surface area contributed by atoms with Crippen molar-refractivity contribution in [1.82, 2.24) is 19.9 Å². The fourth-order valence-corrected chi connectivity index (χ4v) is 3.99. The predicted molar refractivity (Wildman–Crippen MR) is 125 cm³/mol. The molecule has 146 valence electrons. The number of benzene rings is 4. The van der Waals surface area contributed by atoms with Crippen molar-refractivity contribution in [3.8, 4) is 34.2 Å². The Labute approximate surface area is 179 Å². The lowest BCUT2D eigenvalue weighted by Gasteiger charge is -2.09. The van der Waals surface area contributed by atoms with Crippen LogP contribution in [0.15, 0.2) is 103 Å². The van der Waals surface area contributed by atoms with E-state index in [2.05, 4.69) is 41.4 Å². The van der Waals surface area contributed by atoms with Crippen molar-refractivity contribution in [2.45, 2.75) is 0 Å². The molecule has 0 saturated carbocycles. The molecule has 0 saturated heterocycles. The zero-order valence-corrected chi connectivity index (χ0v) is 16.7. The lowest BCUT2D eigenvalue weighted by Crippen LogP contribution is -2.00. The maximum absolute atomic E-state index is 4.88. The summed E-state index contributed by atoms with van der Waals surface area (Å²) in [6.45, 7) is 0. The smallest absolute Gasteiger partial charge is 0.166 e. The molecule has 2 aromatic heterocycles. The summed E-state index contributed by atoms with van der Waals surface area (Å²) in [5, 5.41) is 2.36. The molecule has 0 atom stereocenters. The van der Waals surface area contributed by atoms with Gasteiger partial charge in [0.25, 0.3) is 0 Å². The van der Waals surface area contributed by atoms with Gasteiger partial charge in [-0.05, 0) is 12.1 Å². The summed E-state index contributed by atoms with van der Waals surface area (Å²) in [6.07, 6.45) is 0. The monoisotopic (exact) mass is 398 g/mol. The fourth-order valence-electron chi connectivity index (χ4n) is 3.99. The van der Waals surface area contributed by atoms with Gasteiger partial charge in [0.15, 0.2) is 17.5 Å². The molecule has 0 spiro atoms. The van der Waals surface area contributed by atoms with Crippen LogP contribution in [-0.2, 0) is 0 Å². The van der Waals surface area contributed by atoms with E-state index in [4.69, 9.17) is 15.0 Å². The second-order valence-electron chi connectivity index (χ2n) is 7.44. The van der Waals surface area contributed by atoms with Gasteiger partial charge in [0.2, 0.25) is 0 Å². The molecule has 6 aromatic rings. The first-order valence-corrected chi connectivity index (χ1v) is 10.2. The van der Waals surface area contributed by atoms with Gasteiger partial charge in [0.1, 0.15) is 0 Å². The normalized spacial score (nSPS) is 11.2. The van der Waals surface area contributed by atoms with E-state index in [9.17, 15) is 0 Å². The van der Waals surface area contributed by atoms with Gasteiger partial charge in [-0.2, -0.15) is 0 Å². The zero-order valence-electron chi connectivity index (χ0n) is 16.7. The number of fused-ring (bicyclic) bond motifs is 3. The standard InChI is InChI=1S/C27H18N4/c1-3-10-18(11-4-1)25-29-26(19-12-5-2-6-13-19)31-27(30-25)22-16-9-15-21-20-14-7-8-17-23(20)28-24(21)22/h1-17,28H. The van der Waals surface area contributed by atoms with Crippen LogP contribution in [0.1, 0.15) is 0 Å². The SMILES string of the molecule is c1ccc(-c2nc(-c3ccccc3)nc(-c3cccc4c3[nH]c3ccccc34)n2)cc1. The van der Waals surface area contributed by atoms with Gasteiger partial charge in [-0.25, -0.2) is 15.0 Å². The molecule has 4 aromatic carbocycles. The van der Waals surface area contributed by atoms with Gasteiger partial charge in [0, 0.05) is 33.0 Å². The number of aromatic nitrogens is 4. The maximum Gasteiger partial charge on any atom is 0.166 e. The summed E-state index contributed by atoms with van der Waals surface area (Å²) in [5.41, 5.74) is 5.03. The van der Waals surface area contributed by atoms with Crippen molar-refractivity contribution >= 4 is 21.8 Å². The van der Waals surface area contributed by atoms with E-state index in [0.29, 0.717) is 17.5 Å². The highest BCUT2D eigenvalue weighted by Gasteiger charge is 2.15. The molecule has 1 N–H and O–H groups in total. The summed E-state index contributed by atoms with van der Waals surface area (Å²) >= 11 is 0. The van der Waals surface area contributed by atoms with E-state index in [0.717, 1.165) is 33.1 Å². The van der Waals surface area contributed by atoms with E-state index >= 15 is 0 Å². The van der Waals surface area contributed by atoms with Gasteiger partial charge >= 0.3 is 0 Å². The van der Waals surface area contributed by atoms with Crippen molar-refractivity contribution in [1.29, 1.82) is 0 Å². The van der Waals surface area contributed by atoms with Gasteiger partial charge in [-0.15, -0.1) is 0 Å². The van der Waals surface area contributed by atoms with Crippen molar-refractivity contribution in [2.24, 2.45) is 0 Å². The highest BCUT2D eigenvalue weighted by molar-refractivity contribution is 6.11. The minimum Gasteiger partial charge on any atom is -0.354 e. The van der Waals surface area contributed by atoms with Gasteiger partial charge in [-0.3, -0.25) is 0 Å². The Balaban J connectivity index is 1.63. The van der Waals surface area contributed by atoms with Crippen LogP contribution in [0.25, 0.3) is 56.0 Å². The van der Waals surface area contributed by atoms with E-state index in [1.807, 2.05) is 66.7 Å². The van der Waals surface area contributed by atoms with Crippen molar-refractivity contribution in [3.63, 3.8) is 0 Å². The van der Waals surface area contributed by atoms with Crippen LogP contribution >= 0.6 is 0 Å². The zero-order chi connectivity index (χ0) is 20.6. The van der Waals surface area contributed by atoms with Crippen LogP contribution in [0.5, 0.6) is 0 Å². The molecular formula is C27H18N4. The molecule has 0 aliphatic rings. The summed E-state index contributed by atoms with van der Waals surface area (Å²) in [4.78, 5) is 18.1. The number of nitrogens with one attached hydrogen (secondary N) is 1. The Morgan fingerprint density at radius 1 is 0.452 bits per heavy atom. The average molecular weight is 398 g/mol. The Bertz CT molecular complexity index is 1460. The van der Waals surface area contributed by atoms with Crippen LogP contribution in [0, 0.1) is 0 Å². The number of para-hydroxylation sites is 2. The average Bonchev–Trinajstić information content (AvgIpc) is 3.24. The molecule has 4 heteroatoms. The minimum atomic E-state index is 0.657. The van der Waals surface area contributed by atoms with Crippen molar-refractivity contribution in [3.05, 3.63) is 103 Å². The van der Waals surface area contributed by atoms with Gasteiger partial charge in [0.05, 0.1) is 5.52 Å². The first-order valence-electron chi connectivity index (χ1n) is 10.2. The largest absolute Gasteiger partial charge is 0.354 e. The second-order valence-corrected chi connectivity index (χ2v) is 7.44. The molecule has 0 radical (unpaired) electrons. The summed E-state index contributed by atoms with van der Waals surface area (Å²) in [7, 11) is 0. The Morgan fingerprint density at radius 2 is 1.00 bits per heavy atom. The highest BCUT2D eigenvalue weighted by atomic mass is 15.0. The molecule has 0 fully saturated rings. The van der Waals surface area contributed by atoms with E-state index in [1.54, 1.807) is 0 Å². The number of aromatic amines is 1. The number of H-pyrrole nitrogens is 1. The summed E-state index contributed by atoms with van der Waals surface area (Å²) in [6, 6.07) is 34.7. The van der Waals surface area contributed by atoms with Crippen LogP contribution in [-0.4, -0.2) is 19.9 Å². The summed E-state index contributed by atoms with van der Waals surface area (Å²) < 4.78 is 0. The number of rotatable bonds is 3. The molecule has 0 aliphatic heterocycles. The van der Waals surface area contributed by atoms with E-state index < -0.39 is 0 Å². The molecule has 4 nitrogen and oxygen atoms in total. The lowest BCUT2D eigenvalue weighted by atomic mass is 10.1. The Morgan fingerprint density at radius 3 is 1.68 bits per heavy atom. The molecule has 0 bridgehead atoms. The third-order valence-electron chi connectivity index (χ3n) is 5.48. The van der Waals surface area contributed by atoms with Crippen LogP contribution in [0.3, 0.4) is 0 Å². The molecule has 2 heterocycles. The topological polar surface area (TPSA) is 54.5 Å². The lowest BCUT2D eigenvalue weighted by molar-refractivity contribution is 1.08. The van der Waals surface area contributed by atoms with E-state index in [1.165, 1.54) is 5.39 Å². The Hall–Kier alpha value is -4.31. The van der Waals surface area contributed by atoms with Crippen LogP contribution < -0.4 is 0 Å². The molecule has 0 unspecified atom stereocenters. The number of hydrogen-bond acceptors (Lipinski definition) is 3. The molecular weight excluding hydrogens is 380 g/mol. The molecule has 31 heavy (non-hydrogen) atoms. The minimum absolute atomic E-state index is 0.657. The molecule has 6 rings (SSSR count). The van der Waals surface area contributed by atoms with E-state index in [-0.39, 0.29) is 0 Å². The third-order valence-corrected chi connectivity index (χ3v) is 5.48. The van der Waals surface area contributed by atoms with Crippen LogP contribution in [0.4, 0.5) is 0 Å². The Kier molecular flexibility index (Phi) is 4.06. The molecule has 0 aliphatic carbocycles. The predicted octanol–water partition coefficient (Wildman–Crippen LogP) is 6.51. The number of hydrogen-bond donors (Lipinski definition) is 1. The second kappa shape index (κ2) is 7.18. The number of nitrogens with zero attached hydrogens (tertiary/aromatic N) is 3. The fraction of sp³-hybridized carbons (Fsp3) is 0. The summed E-state index contributed by atoms with van der Waals surface area (Å²) in [5.74, 6) is 1.99. The van der Waals surface area contributed by atoms with Gasteiger partial charge < -0.3 is 4.98 Å².